The van der Waals surface area contributed by atoms with Crippen molar-refractivity contribution in [3.63, 3.8) is 0 Å². The second kappa shape index (κ2) is 18.0. The van der Waals surface area contributed by atoms with Crippen molar-refractivity contribution in [3.05, 3.63) is 12.2 Å². The molecule has 2 amide bonds. The first-order valence-electron chi connectivity index (χ1n) is 9.40. The molecule has 0 aromatic heterocycles. The van der Waals surface area contributed by atoms with Crippen LogP contribution in [0.25, 0.3) is 0 Å². The molecule has 0 fully saturated rings. The quantitative estimate of drug-likeness (QED) is 0.330. The molecular weight excluding hydrogens is 304 g/mol. The van der Waals surface area contributed by atoms with Gasteiger partial charge in [-0.3, -0.25) is 4.79 Å². The summed E-state index contributed by atoms with van der Waals surface area (Å²) in [5.41, 5.74) is 0. The number of amides is 2. The summed E-state index contributed by atoms with van der Waals surface area (Å²) in [5, 5.41) is 5.76. The molecule has 5 heteroatoms. The first-order valence-corrected chi connectivity index (χ1v) is 9.40. The van der Waals surface area contributed by atoms with Crippen LogP contribution in [0.5, 0.6) is 0 Å². The van der Waals surface area contributed by atoms with E-state index in [4.69, 9.17) is 4.74 Å². The van der Waals surface area contributed by atoms with Crippen molar-refractivity contribution in [1.82, 2.24) is 10.6 Å². The fourth-order valence-electron chi connectivity index (χ4n) is 2.15. The SMILES string of the molecule is CCCCCNC(=O)NCCCC/C=C\CCCCOCC(C)=O. The minimum Gasteiger partial charge on any atom is -0.374 e. The molecule has 0 radical (unpaired) electrons. The molecule has 0 aliphatic rings. The lowest BCUT2D eigenvalue weighted by molar-refractivity contribution is -0.121. The number of allylic oxidation sites excluding steroid dienone is 2. The Morgan fingerprint density at radius 2 is 1.46 bits per heavy atom. The fourth-order valence-corrected chi connectivity index (χ4v) is 2.15. The lowest BCUT2D eigenvalue weighted by Crippen LogP contribution is -2.36. The van der Waals surface area contributed by atoms with E-state index >= 15 is 0 Å². The van der Waals surface area contributed by atoms with E-state index in [1.54, 1.807) is 0 Å². The molecule has 0 spiro atoms. The summed E-state index contributed by atoms with van der Waals surface area (Å²) >= 11 is 0. The van der Waals surface area contributed by atoms with Crippen molar-refractivity contribution < 1.29 is 14.3 Å². The van der Waals surface area contributed by atoms with Crippen molar-refractivity contribution >= 4 is 11.8 Å². The van der Waals surface area contributed by atoms with Gasteiger partial charge in [0.15, 0.2) is 5.78 Å². The Labute approximate surface area is 147 Å². The zero-order chi connectivity index (χ0) is 17.9. The molecule has 5 nitrogen and oxygen atoms in total. The second-order valence-electron chi connectivity index (χ2n) is 6.11. The van der Waals surface area contributed by atoms with E-state index < -0.39 is 0 Å². The van der Waals surface area contributed by atoms with Crippen LogP contribution >= 0.6 is 0 Å². The highest BCUT2D eigenvalue weighted by atomic mass is 16.5. The molecule has 0 aliphatic carbocycles. The van der Waals surface area contributed by atoms with Crippen molar-refractivity contribution in [2.45, 2.75) is 71.6 Å². The normalized spacial score (nSPS) is 10.9. The summed E-state index contributed by atoms with van der Waals surface area (Å²) in [6, 6.07) is -0.0476. The third-order valence-corrected chi connectivity index (χ3v) is 3.53. The highest BCUT2D eigenvalue weighted by molar-refractivity contribution is 5.76. The number of nitrogens with one attached hydrogen (secondary N) is 2. The number of Topliss-reactive ketones (excluding diaryl/α,β-unsaturated/α-hetero) is 1. The monoisotopic (exact) mass is 340 g/mol. The van der Waals surface area contributed by atoms with Gasteiger partial charge in [0.25, 0.3) is 0 Å². The van der Waals surface area contributed by atoms with Gasteiger partial charge >= 0.3 is 6.03 Å². The Bertz CT molecular complexity index is 344. The molecule has 24 heavy (non-hydrogen) atoms. The Morgan fingerprint density at radius 1 is 0.875 bits per heavy atom. The molecule has 0 heterocycles. The van der Waals surface area contributed by atoms with Crippen LogP contribution in [0.15, 0.2) is 12.2 Å². The van der Waals surface area contributed by atoms with Gasteiger partial charge in [-0.05, 0) is 51.9 Å². The number of hydrogen-bond donors (Lipinski definition) is 2. The zero-order valence-corrected chi connectivity index (χ0v) is 15.6. The molecule has 0 atom stereocenters. The molecule has 0 saturated heterocycles. The first kappa shape index (κ1) is 22.6. The molecule has 0 saturated carbocycles. The van der Waals surface area contributed by atoms with E-state index in [2.05, 4.69) is 29.7 Å². The Hall–Kier alpha value is -1.36. The van der Waals surface area contributed by atoms with Crippen LogP contribution in [0.1, 0.15) is 71.6 Å². The van der Waals surface area contributed by atoms with Gasteiger partial charge in [0.2, 0.25) is 0 Å². The Morgan fingerprint density at radius 3 is 2.04 bits per heavy atom. The second-order valence-corrected chi connectivity index (χ2v) is 6.11. The number of urea groups is 1. The molecule has 0 aliphatic heterocycles. The molecule has 0 unspecified atom stereocenters. The number of carbonyl (C=O) groups is 2. The average molecular weight is 341 g/mol. The predicted octanol–water partition coefficient (Wildman–Crippen LogP) is 3.98. The predicted molar refractivity (Wildman–Crippen MR) is 99.3 cm³/mol. The van der Waals surface area contributed by atoms with Gasteiger partial charge in [0.1, 0.15) is 6.61 Å². The zero-order valence-electron chi connectivity index (χ0n) is 15.6. The summed E-state index contributed by atoms with van der Waals surface area (Å²) in [5.74, 6) is 0.0818. The van der Waals surface area contributed by atoms with Gasteiger partial charge < -0.3 is 15.4 Å². The van der Waals surface area contributed by atoms with Crippen LogP contribution in [-0.2, 0) is 9.53 Å². The summed E-state index contributed by atoms with van der Waals surface area (Å²) in [6.45, 7) is 6.10. The van der Waals surface area contributed by atoms with Crippen LogP contribution in [-0.4, -0.2) is 38.1 Å². The largest absolute Gasteiger partial charge is 0.374 e. The number of ether oxygens (including phenoxy) is 1. The standard InChI is InChI=1S/C19H36N2O3/c1-3-4-11-14-20-19(23)21-15-12-9-7-5-6-8-10-13-16-24-17-18(2)22/h5-6H,3-4,7-17H2,1-2H3,(H2,20,21,23)/b6-5-. The van der Waals surface area contributed by atoms with Crippen molar-refractivity contribution in [1.29, 1.82) is 0 Å². The minimum atomic E-state index is -0.0476. The van der Waals surface area contributed by atoms with Crippen LogP contribution in [0.4, 0.5) is 4.79 Å². The molecule has 140 valence electrons. The first-order chi connectivity index (χ1) is 11.7. The molecular formula is C19H36N2O3. The number of unbranched alkanes of at least 4 members (excludes halogenated alkanes) is 6. The van der Waals surface area contributed by atoms with Crippen molar-refractivity contribution in [2.24, 2.45) is 0 Å². The Kier molecular flexibility index (Phi) is 17.0. The fraction of sp³-hybridized carbons (Fsp3) is 0.789. The van der Waals surface area contributed by atoms with E-state index in [0.29, 0.717) is 6.61 Å². The van der Waals surface area contributed by atoms with E-state index in [0.717, 1.165) is 64.5 Å². The number of rotatable bonds is 16. The van der Waals surface area contributed by atoms with E-state index in [1.165, 1.54) is 13.3 Å². The van der Waals surface area contributed by atoms with Crippen molar-refractivity contribution in [3.8, 4) is 0 Å². The molecule has 0 rings (SSSR count). The van der Waals surface area contributed by atoms with Crippen LogP contribution < -0.4 is 10.6 Å². The maximum atomic E-state index is 11.5. The van der Waals surface area contributed by atoms with Gasteiger partial charge in [-0.15, -0.1) is 0 Å². The molecule has 0 bridgehead atoms. The van der Waals surface area contributed by atoms with Gasteiger partial charge in [0, 0.05) is 19.7 Å². The summed E-state index contributed by atoms with van der Waals surface area (Å²) in [6.07, 6.45) is 14.1. The topological polar surface area (TPSA) is 67.4 Å². The van der Waals surface area contributed by atoms with E-state index in [-0.39, 0.29) is 18.4 Å². The van der Waals surface area contributed by atoms with Gasteiger partial charge in [0.05, 0.1) is 0 Å². The molecule has 0 aromatic carbocycles. The molecule has 2 N–H and O–H groups in total. The summed E-state index contributed by atoms with van der Waals surface area (Å²) in [7, 11) is 0. The number of ketones is 1. The number of carbonyl (C=O) groups excluding carboxylic acids is 2. The maximum absolute atomic E-state index is 11.5. The van der Waals surface area contributed by atoms with Crippen LogP contribution in [0.3, 0.4) is 0 Å². The Balaban J connectivity index is 3.23. The third kappa shape index (κ3) is 18.7. The number of hydrogen-bond acceptors (Lipinski definition) is 3. The molecule has 0 aromatic rings. The lowest BCUT2D eigenvalue weighted by Gasteiger charge is -2.06. The van der Waals surface area contributed by atoms with E-state index in [1.807, 2.05) is 0 Å². The van der Waals surface area contributed by atoms with Crippen molar-refractivity contribution in [2.75, 3.05) is 26.3 Å². The highest BCUT2D eigenvalue weighted by Crippen LogP contribution is 2.01. The summed E-state index contributed by atoms with van der Waals surface area (Å²) in [4.78, 5) is 22.1. The van der Waals surface area contributed by atoms with E-state index in [9.17, 15) is 9.59 Å². The van der Waals surface area contributed by atoms with Gasteiger partial charge in [-0.2, -0.15) is 0 Å². The van der Waals surface area contributed by atoms with Gasteiger partial charge in [-0.1, -0.05) is 31.9 Å². The van der Waals surface area contributed by atoms with Crippen LogP contribution in [0.2, 0.25) is 0 Å². The smallest absolute Gasteiger partial charge is 0.314 e. The minimum absolute atomic E-state index is 0.0476. The third-order valence-electron chi connectivity index (χ3n) is 3.53. The highest BCUT2D eigenvalue weighted by Gasteiger charge is 1.97. The lowest BCUT2D eigenvalue weighted by atomic mass is 10.2. The summed E-state index contributed by atoms with van der Waals surface area (Å²) < 4.78 is 5.21. The maximum Gasteiger partial charge on any atom is 0.314 e. The average Bonchev–Trinajstić information content (AvgIpc) is 2.55. The van der Waals surface area contributed by atoms with Gasteiger partial charge in [-0.25, -0.2) is 4.79 Å². The van der Waals surface area contributed by atoms with Crippen LogP contribution in [0, 0.1) is 0 Å².